The zero-order valence-electron chi connectivity index (χ0n) is 10.7. The van der Waals surface area contributed by atoms with Gasteiger partial charge in [-0.05, 0) is 24.1 Å². The lowest BCUT2D eigenvalue weighted by atomic mass is 10.1. The zero-order chi connectivity index (χ0) is 15.0. The molecule has 1 N–H and O–H groups in total. The SMILES string of the molecule is CC(C)c1c(Cl)[nH]c(=O)n(-c2ccc(Cl)c(F)c2)c1=O. The summed E-state index contributed by atoms with van der Waals surface area (Å²) in [6.07, 6.45) is 0. The molecule has 0 aliphatic carbocycles. The second-order valence-electron chi connectivity index (χ2n) is 4.55. The van der Waals surface area contributed by atoms with Crippen LogP contribution in [-0.4, -0.2) is 9.55 Å². The molecule has 0 saturated heterocycles. The third kappa shape index (κ3) is 2.51. The third-order valence-corrected chi connectivity index (χ3v) is 3.43. The Morgan fingerprint density at radius 3 is 2.45 bits per heavy atom. The molecule has 106 valence electrons. The van der Waals surface area contributed by atoms with Crippen LogP contribution in [0.3, 0.4) is 0 Å². The van der Waals surface area contributed by atoms with Gasteiger partial charge in [0.2, 0.25) is 0 Å². The molecule has 0 saturated carbocycles. The van der Waals surface area contributed by atoms with Crippen molar-refractivity contribution >= 4 is 23.2 Å². The lowest BCUT2D eigenvalue weighted by Gasteiger charge is -2.11. The van der Waals surface area contributed by atoms with Gasteiger partial charge in [0, 0.05) is 0 Å². The molecule has 7 heteroatoms. The van der Waals surface area contributed by atoms with E-state index in [1.165, 1.54) is 12.1 Å². The summed E-state index contributed by atoms with van der Waals surface area (Å²) >= 11 is 11.5. The summed E-state index contributed by atoms with van der Waals surface area (Å²) < 4.78 is 14.3. The highest BCUT2D eigenvalue weighted by Crippen LogP contribution is 2.19. The van der Waals surface area contributed by atoms with Gasteiger partial charge in [-0.15, -0.1) is 0 Å². The van der Waals surface area contributed by atoms with E-state index >= 15 is 0 Å². The van der Waals surface area contributed by atoms with Crippen molar-refractivity contribution in [3.63, 3.8) is 0 Å². The summed E-state index contributed by atoms with van der Waals surface area (Å²) in [7, 11) is 0. The van der Waals surface area contributed by atoms with Crippen molar-refractivity contribution < 1.29 is 4.39 Å². The monoisotopic (exact) mass is 316 g/mol. The Morgan fingerprint density at radius 2 is 1.90 bits per heavy atom. The smallest absolute Gasteiger partial charge is 0.297 e. The molecule has 20 heavy (non-hydrogen) atoms. The molecule has 4 nitrogen and oxygen atoms in total. The van der Waals surface area contributed by atoms with Crippen LogP contribution >= 0.6 is 23.2 Å². The van der Waals surface area contributed by atoms with Crippen LogP contribution in [0.25, 0.3) is 5.69 Å². The van der Waals surface area contributed by atoms with Gasteiger partial charge in [0.25, 0.3) is 5.56 Å². The first-order chi connectivity index (χ1) is 9.32. The maximum atomic E-state index is 13.5. The fraction of sp³-hybridized carbons (Fsp3) is 0.231. The molecule has 0 bridgehead atoms. The van der Waals surface area contributed by atoms with Crippen molar-refractivity contribution in [1.29, 1.82) is 0 Å². The molecule has 1 aromatic carbocycles. The Kier molecular flexibility index (Phi) is 4.01. The topological polar surface area (TPSA) is 54.9 Å². The minimum absolute atomic E-state index is 0.000635. The molecule has 2 rings (SSSR count). The van der Waals surface area contributed by atoms with E-state index in [-0.39, 0.29) is 27.3 Å². The summed E-state index contributed by atoms with van der Waals surface area (Å²) in [5.74, 6) is -0.897. The Morgan fingerprint density at radius 1 is 1.25 bits per heavy atom. The normalized spacial score (nSPS) is 11.1. The Bertz CT molecular complexity index is 781. The van der Waals surface area contributed by atoms with Gasteiger partial charge < -0.3 is 0 Å². The molecule has 0 aliphatic heterocycles. The van der Waals surface area contributed by atoms with Crippen LogP contribution in [0.5, 0.6) is 0 Å². The van der Waals surface area contributed by atoms with E-state index in [4.69, 9.17) is 23.2 Å². The number of H-pyrrole nitrogens is 1. The third-order valence-electron chi connectivity index (χ3n) is 2.83. The molecule has 2 aromatic rings. The molecular formula is C13H11Cl2FN2O2. The molecule has 0 aliphatic rings. The molecule has 1 heterocycles. The quantitative estimate of drug-likeness (QED) is 0.865. The second-order valence-corrected chi connectivity index (χ2v) is 5.34. The minimum Gasteiger partial charge on any atom is -0.297 e. The average molecular weight is 317 g/mol. The summed E-state index contributed by atoms with van der Waals surface area (Å²) in [6.45, 7) is 3.54. The molecule has 0 spiro atoms. The van der Waals surface area contributed by atoms with Crippen LogP contribution in [-0.2, 0) is 0 Å². The van der Waals surface area contributed by atoms with Crippen molar-refractivity contribution in [2.45, 2.75) is 19.8 Å². The van der Waals surface area contributed by atoms with E-state index in [0.29, 0.717) is 0 Å². The maximum absolute atomic E-state index is 13.5. The number of benzene rings is 1. The number of aromatic nitrogens is 2. The van der Waals surface area contributed by atoms with E-state index < -0.39 is 17.1 Å². The summed E-state index contributed by atoms with van der Waals surface area (Å²) in [5, 5.41) is -0.0861. The molecule has 0 unspecified atom stereocenters. The highest BCUT2D eigenvalue weighted by atomic mass is 35.5. The van der Waals surface area contributed by atoms with Crippen molar-refractivity contribution in [2.24, 2.45) is 0 Å². The first kappa shape index (κ1) is 14.8. The van der Waals surface area contributed by atoms with E-state index in [1.807, 2.05) is 0 Å². The average Bonchev–Trinajstić information content (AvgIpc) is 2.32. The second kappa shape index (κ2) is 5.42. The van der Waals surface area contributed by atoms with E-state index in [9.17, 15) is 14.0 Å². The van der Waals surface area contributed by atoms with Gasteiger partial charge in [-0.1, -0.05) is 37.0 Å². The lowest BCUT2D eigenvalue weighted by molar-refractivity contribution is 0.626. The first-order valence-electron chi connectivity index (χ1n) is 5.83. The van der Waals surface area contributed by atoms with Crippen LogP contribution in [0.15, 0.2) is 27.8 Å². The number of nitrogens with zero attached hydrogens (tertiary/aromatic N) is 1. The number of aromatic amines is 1. The van der Waals surface area contributed by atoms with Gasteiger partial charge in [-0.2, -0.15) is 0 Å². The lowest BCUT2D eigenvalue weighted by Crippen LogP contribution is -2.36. The van der Waals surface area contributed by atoms with Crippen molar-refractivity contribution in [2.75, 3.05) is 0 Å². The number of hydrogen-bond acceptors (Lipinski definition) is 2. The largest absolute Gasteiger partial charge is 0.334 e. The number of halogens is 3. The van der Waals surface area contributed by atoms with Crippen LogP contribution in [0.2, 0.25) is 10.2 Å². The summed E-state index contributed by atoms with van der Waals surface area (Å²) in [4.78, 5) is 26.6. The number of nitrogens with one attached hydrogen (secondary N) is 1. The van der Waals surface area contributed by atoms with Gasteiger partial charge in [0.05, 0.1) is 16.3 Å². The Balaban J connectivity index is 2.81. The highest BCUT2D eigenvalue weighted by Gasteiger charge is 2.17. The van der Waals surface area contributed by atoms with Gasteiger partial charge in [0.1, 0.15) is 11.0 Å². The number of rotatable bonds is 2. The van der Waals surface area contributed by atoms with Crippen LogP contribution in [0.1, 0.15) is 25.3 Å². The summed E-state index contributed by atoms with van der Waals surface area (Å²) in [6, 6.07) is 3.69. The Hall–Kier alpha value is -1.59. The predicted molar refractivity (Wildman–Crippen MR) is 76.7 cm³/mol. The van der Waals surface area contributed by atoms with Crippen LogP contribution < -0.4 is 11.2 Å². The van der Waals surface area contributed by atoms with Crippen LogP contribution in [0, 0.1) is 5.82 Å². The predicted octanol–water partition coefficient (Wildman–Crippen LogP) is 3.10. The van der Waals surface area contributed by atoms with E-state index in [0.717, 1.165) is 10.6 Å². The standard InChI is InChI=1S/C13H11Cl2FN2O2/c1-6(2)10-11(15)17-13(20)18(12(10)19)7-3-4-8(14)9(16)5-7/h3-6H,1-2H3,(H,17,20). The van der Waals surface area contributed by atoms with Crippen molar-refractivity contribution in [3.05, 3.63) is 60.6 Å². The molecule has 1 aromatic heterocycles. The zero-order valence-corrected chi connectivity index (χ0v) is 12.2. The van der Waals surface area contributed by atoms with Crippen LogP contribution in [0.4, 0.5) is 4.39 Å². The fourth-order valence-corrected chi connectivity index (χ4v) is 2.38. The van der Waals surface area contributed by atoms with E-state index in [1.54, 1.807) is 13.8 Å². The van der Waals surface area contributed by atoms with Gasteiger partial charge in [0.15, 0.2) is 0 Å². The van der Waals surface area contributed by atoms with Crippen molar-refractivity contribution in [3.8, 4) is 5.69 Å². The summed E-state index contributed by atoms with van der Waals surface area (Å²) in [5.41, 5.74) is -0.945. The van der Waals surface area contributed by atoms with Gasteiger partial charge in [-0.3, -0.25) is 9.78 Å². The molecule has 0 fully saturated rings. The molecule has 0 atom stereocenters. The minimum atomic E-state index is -0.730. The highest BCUT2D eigenvalue weighted by molar-refractivity contribution is 6.30. The molecule has 0 amide bonds. The first-order valence-corrected chi connectivity index (χ1v) is 6.58. The Labute approximate surface area is 123 Å². The maximum Gasteiger partial charge on any atom is 0.334 e. The molecular weight excluding hydrogens is 306 g/mol. The fourth-order valence-electron chi connectivity index (χ4n) is 1.88. The van der Waals surface area contributed by atoms with Gasteiger partial charge >= 0.3 is 5.69 Å². The number of hydrogen-bond donors (Lipinski definition) is 1. The van der Waals surface area contributed by atoms with Gasteiger partial charge in [-0.25, -0.2) is 13.8 Å². The molecule has 0 radical (unpaired) electrons. The van der Waals surface area contributed by atoms with Crippen molar-refractivity contribution in [1.82, 2.24) is 9.55 Å². The van der Waals surface area contributed by atoms with E-state index in [2.05, 4.69) is 4.98 Å².